The van der Waals surface area contributed by atoms with E-state index in [0.29, 0.717) is 19.4 Å². The molecule has 0 bridgehead atoms. The average molecular weight is 297 g/mol. The van der Waals surface area contributed by atoms with Crippen LogP contribution in [0, 0.1) is 5.41 Å². The highest BCUT2D eigenvalue weighted by molar-refractivity contribution is 6.63. The van der Waals surface area contributed by atoms with Crippen LogP contribution >= 0.6 is 11.6 Å². The lowest BCUT2D eigenvalue weighted by Gasteiger charge is -2.26. The van der Waals surface area contributed by atoms with E-state index < -0.39 is 10.7 Å². The Hall–Kier alpha value is -1.35. The molecule has 0 amide bonds. The van der Waals surface area contributed by atoms with Crippen LogP contribution in [0.15, 0.2) is 30.3 Å². The van der Waals surface area contributed by atoms with Gasteiger partial charge in [-0.1, -0.05) is 30.3 Å². The lowest BCUT2D eigenvalue weighted by Crippen LogP contribution is -2.31. The number of hydrogen-bond acceptors (Lipinski definition) is 3. The second-order valence-corrected chi connectivity index (χ2v) is 5.54. The third-order valence-electron chi connectivity index (χ3n) is 3.45. The van der Waals surface area contributed by atoms with E-state index >= 15 is 0 Å². The second kappa shape index (κ2) is 8.05. The molecule has 0 fully saturated rings. The summed E-state index contributed by atoms with van der Waals surface area (Å²) in [6.45, 7) is 3.96. The third-order valence-corrected chi connectivity index (χ3v) is 3.64. The van der Waals surface area contributed by atoms with Gasteiger partial charge in [-0.2, -0.15) is 0 Å². The van der Waals surface area contributed by atoms with Gasteiger partial charge in [-0.25, -0.2) is 0 Å². The van der Waals surface area contributed by atoms with E-state index in [9.17, 15) is 9.59 Å². The molecule has 0 saturated heterocycles. The Kier molecular flexibility index (Phi) is 6.73. The highest BCUT2D eigenvalue weighted by Gasteiger charge is 2.34. The first-order valence-electron chi connectivity index (χ1n) is 6.87. The number of ether oxygens (including phenoxy) is 1. The van der Waals surface area contributed by atoms with Gasteiger partial charge in [0.05, 0.1) is 12.0 Å². The molecule has 1 unspecified atom stereocenters. The predicted molar refractivity (Wildman–Crippen MR) is 79.6 cm³/mol. The predicted octanol–water partition coefficient (Wildman–Crippen LogP) is 3.73. The fourth-order valence-electron chi connectivity index (χ4n) is 2.07. The van der Waals surface area contributed by atoms with E-state index in [4.69, 9.17) is 16.3 Å². The van der Waals surface area contributed by atoms with Crippen LogP contribution in [0.2, 0.25) is 0 Å². The van der Waals surface area contributed by atoms with Gasteiger partial charge in [0.2, 0.25) is 5.24 Å². The highest BCUT2D eigenvalue weighted by Crippen LogP contribution is 2.31. The SMILES string of the molecule is CCOC(=O)C(C)(CCC(=O)Cl)CCc1ccccc1. The van der Waals surface area contributed by atoms with E-state index in [1.54, 1.807) is 6.92 Å². The summed E-state index contributed by atoms with van der Waals surface area (Å²) in [5.41, 5.74) is 0.497. The number of halogens is 1. The molecular weight excluding hydrogens is 276 g/mol. The molecule has 1 rings (SSSR count). The average Bonchev–Trinajstić information content (AvgIpc) is 2.44. The molecule has 110 valence electrons. The fourth-order valence-corrected chi connectivity index (χ4v) is 2.17. The Morgan fingerprint density at radius 3 is 2.40 bits per heavy atom. The summed E-state index contributed by atoms with van der Waals surface area (Å²) < 4.78 is 5.13. The number of esters is 1. The summed E-state index contributed by atoms with van der Waals surface area (Å²) in [5, 5.41) is -0.416. The topological polar surface area (TPSA) is 43.4 Å². The number of hydrogen-bond donors (Lipinski definition) is 0. The van der Waals surface area contributed by atoms with Crippen molar-refractivity contribution < 1.29 is 14.3 Å². The zero-order chi connectivity index (χ0) is 15.0. The second-order valence-electron chi connectivity index (χ2n) is 5.12. The van der Waals surface area contributed by atoms with E-state index in [2.05, 4.69) is 0 Å². The van der Waals surface area contributed by atoms with E-state index in [1.807, 2.05) is 37.3 Å². The molecule has 0 aromatic heterocycles. The lowest BCUT2D eigenvalue weighted by molar-refractivity contribution is -0.155. The molecule has 4 heteroatoms. The van der Waals surface area contributed by atoms with Crippen LogP contribution in [0.3, 0.4) is 0 Å². The van der Waals surface area contributed by atoms with Crippen molar-refractivity contribution in [2.75, 3.05) is 6.61 Å². The summed E-state index contributed by atoms with van der Waals surface area (Å²) in [5.74, 6) is -0.256. The summed E-state index contributed by atoms with van der Waals surface area (Å²) >= 11 is 5.39. The standard InChI is InChI=1S/C16H21ClO3/c1-3-20-15(19)16(2,12-10-14(17)18)11-9-13-7-5-4-6-8-13/h4-8H,3,9-12H2,1-2H3. The van der Waals surface area contributed by atoms with Gasteiger partial charge in [-0.05, 0) is 50.3 Å². The van der Waals surface area contributed by atoms with Crippen LogP contribution in [0.5, 0.6) is 0 Å². The van der Waals surface area contributed by atoms with Gasteiger partial charge in [0, 0.05) is 6.42 Å². The number of carbonyl (C=O) groups is 2. The summed E-state index contributed by atoms with van der Waals surface area (Å²) in [4.78, 5) is 23.1. The van der Waals surface area contributed by atoms with Gasteiger partial charge < -0.3 is 4.74 Å². The smallest absolute Gasteiger partial charge is 0.311 e. The minimum absolute atomic E-state index is 0.186. The maximum atomic E-state index is 12.1. The minimum Gasteiger partial charge on any atom is -0.466 e. The molecule has 0 aliphatic rings. The van der Waals surface area contributed by atoms with Gasteiger partial charge >= 0.3 is 5.97 Å². The molecule has 20 heavy (non-hydrogen) atoms. The van der Waals surface area contributed by atoms with Crippen molar-refractivity contribution in [2.24, 2.45) is 5.41 Å². The van der Waals surface area contributed by atoms with E-state index in [-0.39, 0.29) is 12.4 Å². The molecule has 0 radical (unpaired) electrons. The van der Waals surface area contributed by atoms with Crippen LogP contribution in [-0.4, -0.2) is 17.8 Å². The van der Waals surface area contributed by atoms with E-state index in [0.717, 1.165) is 6.42 Å². The zero-order valence-corrected chi connectivity index (χ0v) is 12.8. The normalized spacial score (nSPS) is 13.6. The summed E-state index contributed by atoms with van der Waals surface area (Å²) in [6.07, 6.45) is 2.01. The Bertz CT molecular complexity index is 444. The van der Waals surface area contributed by atoms with Crippen molar-refractivity contribution >= 4 is 22.8 Å². The molecule has 0 aliphatic carbocycles. The van der Waals surface area contributed by atoms with Crippen molar-refractivity contribution in [1.82, 2.24) is 0 Å². The number of carbonyl (C=O) groups excluding carboxylic acids is 2. The molecular formula is C16H21ClO3. The molecule has 1 atom stereocenters. The van der Waals surface area contributed by atoms with Crippen molar-refractivity contribution in [3.63, 3.8) is 0 Å². The Labute approximate surface area is 125 Å². The Morgan fingerprint density at radius 2 is 1.85 bits per heavy atom. The quantitative estimate of drug-likeness (QED) is 0.542. The maximum Gasteiger partial charge on any atom is 0.311 e. The first-order chi connectivity index (χ1) is 9.48. The summed E-state index contributed by atoms with van der Waals surface area (Å²) in [6, 6.07) is 9.95. The Balaban J connectivity index is 2.71. The van der Waals surface area contributed by atoms with Crippen LogP contribution in [0.25, 0.3) is 0 Å². The molecule has 0 aliphatic heterocycles. The van der Waals surface area contributed by atoms with Crippen LogP contribution in [0.1, 0.15) is 38.7 Å². The van der Waals surface area contributed by atoms with Gasteiger partial charge in [-0.15, -0.1) is 0 Å². The van der Waals surface area contributed by atoms with Crippen molar-refractivity contribution in [3.05, 3.63) is 35.9 Å². The van der Waals surface area contributed by atoms with Crippen LogP contribution in [-0.2, 0) is 20.7 Å². The van der Waals surface area contributed by atoms with Gasteiger partial charge in [0.15, 0.2) is 0 Å². The highest BCUT2D eigenvalue weighted by atomic mass is 35.5. The zero-order valence-electron chi connectivity index (χ0n) is 12.0. The van der Waals surface area contributed by atoms with Crippen molar-refractivity contribution in [2.45, 2.75) is 39.5 Å². The van der Waals surface area contributed by atoms with Gasteiger partial charge in [-0.3, -0.25) is 9.59 Å². The largest absolute Gasteiger partial charge is 0.466 e. The van der Waals surface area contributed by atoms with E-state index in [1.165, 1.54) is 5.56 Å². The molecule has 1 aromatic carbocycles. The molecule has 0 heterocycles. The maximum absolute atomic E-state index is 12.1. The number of benzene rings is 1. The lowest BCUT2D eigenvalue weighted by atomic mass is 9.80. The molecule has 0 spiro atoms. The molecule has 1 aromatic rings. The third kappa shape index (κ3) is 5.33. The van der Waals surface area contributed by atoms with Crippen molar-refractivity contribution in [3.8, 4) is 0 Å². The van der Waals surface area contributed by atoms with Crippen LogP contribution in [0.4, 0.5) is 0 Å². The molecule has 0 saturated carbocycles. The molecule has 3 nitrogen and oxygen atoms in total. The molecule has 0 N–H and O–H groups in total. The number of rotatable bonds is 8. The number of aryl methyl sites for hydroxylation is 1. The first-order valence-corrected chi connectivity index (χ1v) is 7.25. The van der Waals surface area contributed by atoms with Gasteiger partial charge in [0.1, 0.15) is 0 Å². The van der Waals surface area contributed by atoms with Crippen molar-refractivity contribution in [1.29, 1.82) is 0 Å². The Morgan fingerprint density at radius 1 is 1.20 bits per heavy atom. The monoisotopic (exact) mass is 296 g/mol. The van der Waals surface area contributed by atoms with Crippen LogP contribution < -0.4 is 0 Å². The summed E-state index contributed by atoms with van der Waals surface area (Å²) in [7, 11) is 0. The minimum atomic E-state index is -0.670. The fraction of sp³-hybridized carbons (Fsp3) is 0.500. The van der Waals surface area contributed by atoms with Gasteiger partial charge in [0.25, 0.3) is 0 Å². The first kappa shape index (κ1) is 16.7.